The van der Waals surface area contributed by atoms with Crippen LogP contribution in [0.2, 0.25) is 0 Å². The summed E-state index contributed by atoms with van der Waals surface area (Å²) < 4.78 is 39.2. The first-order valence-corrected chi connectivity index (χ1v) is 6.26. The fourth-order valence-corrected chi connectivity index (χ4v) is 1.79. The number of nitrogens with one attached hydrogen (secondary N) is 1. The van der Waals surface area contributed by atoms with Crippen molar-refractivity contribution >= 4 is 12.4 Å². The van der Waals surface area contributed by atoms with Crippen LogP contribution in [-0.2, 0) is 26.2 Å². The molecule has 1 N–H and O–H groups in total. The monoisotopic (exact) mass is 323 g/mol. The van der Waals surface area contributed by atoms with Gasteiger partial charge in [-0.1, -0.05) is 0 Å². The summed E-state index contributed by atoms with van der Waals surface area (Å²) in [4.78, 5) is 0. The maximum atomic E-state index is 12.2. The van der Waals surface area contributed by atoms with Crippen molar-refractivity contribution in [3.63, 3.8) is 0 Å². The van der Waals surface area contributed by atoms with E-state index in [1.807, 2.05) is 17.8 Å². The van der Waals surface area contributed by atoms with Crippen LogP contribution in [0.5, 0.6) is 0 Å². The molecule has 2 rings (SSSR count). The summed E-state index contributed by atoms with van der Waals surface area (Å²) in [5, 5.41) is 11.0. The van der Waals surface area contributed by atoms with E-state index in [0.717, 1.165) is 22.4 Å². The van der Waals surface area contributed by atoms with Crippen LogP contribution in [0.3, 0.4) is 0 Å². The molecule has 2 heterocycles. The zero-order chi connectivity index (χ0) is 14.6. The van der Waals surface area contributed by atoms with E-state index in [4.69, 9.17) is 0 Å². The largest absolute Gasteiger partial charge is 0.408 e. The highest BCUT2D eigenvalue weighted by Crippen LogP contribution is 2.17. The SMILES string of the molecule is CCn1cc(CNCc2cnn(CC(F)(F)F)c2)cn1.Cl. The molecular weight excluding hydrogens is 307 g/mol. The highest BCUT2D eigenvalue weighted by molar-refractivity contribution is 5.85. The summed E-state index contributed by atoms with van der Waals surface area (Å²) in [5.41, 5.74) is 1.76. The lowest BCUT2D eigenvalue weighted by Crippen LogP contribution is -2.18. The Morgan fingerprint density at radius 3 is 2.05 bits per heavy atom. The van der Waals surface area contributed by atoms with Gasteiger partial charge >= 0.3 is 6.18 Å². The minimum absolute atomic E-state index is 0. The maximum Gasteiger partial charge on any atom is 0.408 e. The topological polar surface area (TPSA) is 47.7 Å². The predicted molar refractivity (Wildman–Crippen MR) is 74.0 cm³/mol. The first-order chi connectivity index (χ1) is 9.46. The fourth-order valence-electron chi connectivity index (χ4n) is 1.79. The van der Waals surface area contributed by atoms with Crippen molar-refractivity contribution in [2.75, 3.05) is 0 Å². The number of halogens is 4. The van der Waals surface area contributed by atoms with E-state index < -0.39 is 12.7 Å². The molecule has 0 aliphatic heterocycles. The van der Waals surface area contributed by atoms with Gasteiger partial charge < -0.3 is 5.32 Å². The summed E-state index contributed by atoms with van der Waals surface area (Å²) >= 11 is 0. The second kappa shape index (κ2) is 7.46. The molecule has 0 saturated carbocycles. The average molecular weight is 324 g/mol. The molecule has 21 heavy (non-hydrogen) atoms. The molecule has 0 aliphatic carbocycles. The Hall–Kier alpha value is -1.54. The van der Waals surface area contributed by atoms with Crippen molar-refractivity contribution in [3.05, 3.63) is 35.9 Å². The molecule has 0 unspecified atom stereocenters. The summed E-state index contributed by atoms with van der Waals surface area (Å²) in [6, 6.07) is 0. The first-order valence-electron chi connectivity index (χ1n) is 6.26. The molecule has 0 fully saturated rings. The molecule has 9 heteroatoms. The van der Waals surface area contributed by atoms with Crippen molar-refractivity contribution in [2.24, 2.45) is 0 Å². The van der Waals surface area contributed by atoms with Crippen LogP contribution in [0.4, 0.5) is 13.2 Å². The predicted octanol–water partition coefficient (Wildman–Crippen LogP) is 2.37. The van der Waals surface area contributed by atoms with E-state index in [2.05, 4.69) is 15.5 Å². The summed E-state index contributed by atoms with van der Waals surface area (Å²) in [5.74, 6) is 0. The summed E-state index contributed by atoms with van der Waals surface area (Å²) in [6.07, 6.45) is 2.29. The van der Waals surface area contributed by atoms with Crippen LogP contribution in [0, 0.1) is 0 Å². The van der Waals surface area contributed by atoms with Gasteiger partial charge in [-0.3, -0.25) is 9.36 Å². The highest BCUT2D eigenvalue weighted by Gasteiger charge is 2.28. The Bertz CT molecular complexity index is 549. The number of hydrogen-bond donors (Lipinski definition) is 1. The second-order valence-corrected chi connectivity index (χ2v) is 4.47. The van der Waals surface area contributed by atoms with Gasteiger partial charge in [-0.05, 0) is 6.92 Å². The van der Waals surface area contributed by atoms with Crippen molar-refractivity contribution in [2.45, 2.75) is 39.3 Å². The number of aromatic nitrogens is 4. The Labute approximate surface area is 126 Å². The van der Waals surface area contributed by atoms with Gasteiger partial charge in [0.1, 0.15) is 6.54 Å². The fraction of sp³-hybridized carbons (Fsp3) is 0.500. The lowest BCUT2D eigenvalue weighted by atomic mass is 10.3. The van der Waals surface area contributed by atoms with E-state index >= 15 is 0 Å². The lowest BCUT2D eigenvalue weighted by Gasteiger charge is -2.05. The van der Waals surface area contributed by atoms with Gasteiger partial charge in [0.05, 0.1) is 12.4 Å². The summed E-state index contributed by atoms with van der Waals surface area (Å²) in [7, 11) is 0. The average Bonchev–Trinajstić information content (AvgIpc) is 2.97. The van der Waals surface area contributed by atoms with E-state index in [1.165, 1.54) is 12.4 Å². The zero-order valence-corrected chi connectivity index (χ0v) is 12.3. The molecule has 2 aromatic heterocycles. The van der Waals surface area contributed by atoms with Gasteiger partial charge in [0.2, 0.25) is 0 Å². The number of nitrogens with zero attached hydrogens (tertiary/aromatic N) is 4. The van der Waals surface area contributed by atoms with Gasteiger partial charge in [0.15, 0.2) is 0 Å². The van der Waals surface area contributed by atoms with Crippen molar-refractivity contribution in [3.8, 4) is 0 Å². The third-order valence-corrected chi connectivity index (χ3v) is 2.70. The molecule has 118 valence electrons. The van der Waals surface area contributed by atoms with Crippen LogP contribution in [0.1, 0.15) is 18.1 Å². The van der Waals surface area contributed by atoms with Crippen LogP contribution in [0.25, 0.3) is 0 Å². The smallest absolute Gasteiger partial charge is 0.308 e. The third kappa shape index (κ3) is 5.76. The summed E-state index contributed by atoms with van der Waals surface area (Å²) in [6.45, 7) is 2.83. The Kier molecular flexibility index (Phi) is 6.22. The molecule has 0 aliphatic rings. The first kappa shape index (κ1) is 17.5. The normalized spacial score (nSPS) is 11.4. The molecule has 0 radical (unpaired) electrons. The van der Waals surface area contributed by atoms with E-state index in [1.54, 1.807) is 6.20 Å². The van der Waals surface area contributed by atoms with Gasteiger partial charge in [0, 0.05) is 43.2 Å². The molecule has 5 nitrogen and oxygen atoms in total. The molecule has 2 aromatic rings. The number of aryl methyl sites for hydroxylation is 1. The standard InChI is InChI=1S/C12H16F3N5.ClH/c1-2-19-7-10(5-17-19)3-16-4-11-6-18-20(8-11)9-12(13,14)15;/h5-8,16H,2-4,9H2,1H3;1H. The van der Waals surface area contributed by atoms with Gasteiger partial charge in [-0.25, -0.2) is 0 Å². The van der Waals surface area contributed by atoms with E-state index in [-0.39, 0.29) is 12.4 Å². The quantitative estimate of drug-likeness (QED) is 0.888. The van der Waals surface area contributed by atoms with Crippen LogP contribution in [-0.4, -0.2) is 25.7 Å². The molecular formula is C12H17ClF3N5. The minimum atomic E-state index is -4.24. The lowest BCUT2D eigenvalue weighted by molar-refractivity contribution is -0.142. The Morgan fingerprint density at radius 1 is 1.05 bits per heavy atom. The Balaban J connectivity index is 0.00000220. The molecule has 0 bridgehead atoms. The van der Waals surface area contributed by atoms with Crippen LogP contribution >= 0.6 is 12.4 Å². The van der Waals surface area contributed by atoms with E-state index in [0.29, 0.717) is 13.1 Å². The molecule has 0 spiro atoms. The molecule has 0 atom stereocenters. The minimum Gasteiger partial charge on any atom is -0.308 e. The zero-order valence-electron chi connectivity index (χ0n) is 11.5. The molecule has 0 saturated heterocycles. The highest BCUT2D eigenvalue weighted by atomic mass is 35.5. The van der Waals surface area contributed by atoms with Crippen LogP contribution < -0.4 is 5.32 Å². The van der Waals surface area contributed by atoms with Crippen molar-refractivity contribution in [1.29, 1.82) is 0 Å². The number of hydrogen-bond acceptors (Lipinski definition) is 3. The van der Waals surface area contributed by atoms with Gasteiger partial charge in [0.25, 0.3) is 0 Å². The number of alkyl halides is 3. The van der Waals surface area contributed by atoms with Crippen molar-refractivity contribution in [1.82, 2.24) is 24.9 Å². The van der Waals surface area contributed by atoms with Crippen molar-refractivity contribution < 1.29 is 13.2 Å². The number of rotatable bonds is 6. The molecule has 0 amide bonds. The van der Waals surface area contributed by atoms with Crippen LogP contribution in [0.15, 0.2) is 24.8 Å². The Morgan fingerprint density at radius 2 is 1.57 bits per heavy atom. The van der Waals surface area contributed by atoms with Gasteiger partial charge in [-0.15, -0.1) is 12.4 Å². The van der Waals surface area contributed by atoms with Gasteiger partial charge in [-0.2, -0.15) is 23.4 Å². The third-order valence-electron chi connectivity index (χ3n) is 2.70. The molecule has 0 aromatic carbocycles. The van der Waals surface area contributed by atoms with E-state index in [9.17, 15) is 13.2 Å². The maximum absolute atomic E-state index is 12.2. The second-order valence-electron chi connectivity index (χ2n) is 4.47.